The molecule has 1 aromatic rings. The molecule has 0 aromatic heterocycles. The number of allylic oxidation sites excluding steroid dienone is 1. The quantitative estimate of drug-likeness (QED) is 0.779. The van der Waals surface area contributed by atoms with Crippen LogP contribution in [0.3, 0.4) is 0 Å². The summed E-state index contributed by atoms with van der Waals surface area (Å²) < 4.78 is 12.9. The first-order chi connectivity index (χ1) is 8.79. The van der Waals surface area contributed by atoms with Gasteiger partial charge in [0.25, 0.3) is 0 Å². The average Bonchev–Trinajstić information content (AvgIpc) is 2.42. The van der Waals surface area contributed by atoms with Crippen molar-refractivity contribution in [2.45, 2.75) is 45.1 Å². The van der Waals surface area contributed by atoms with Crippen LogP contribution in [0.2, 0.25) is 0 Å². The molecule has 1 atom stereocenters. The lowest BCUT2D eigenvalue weighted by molar-refractivity contribution is 0.540. The summed E-state index contributed by atoms with van der Waals surface area (Å²) in [6, 6.07) is 7.30. The van der Waals surface area contributed by atoms with Gasteiger partial charge in [0.1, 0.15) is 5.82 Å². The Balaban J connectivity index is 2.05. The number of benzene rings is 1. The molecule has 1 nitrogen and oxygen atoms in total. The van der Waals surface area contributed by atoms with Gasteiger partial charge in [0.15, 0.2) is 0 Å². The van der Waals surface area contributed by atoms with Crippen LogP contribution in [0.5, 0.6) is 0 Å². The van der Waals surface area contributed by atoms with E-state index in [0.29, 0.717) is 6.04 Å². The molecule has 0 radical (unpaired) electrons. The lowest BCUT2D eigenvalue weighted by Gasteiger charge is -2.24. The summed E-state index contributed by atoms with van der Waals surface area (Å²) >= 11 is 0. The number of rotatable bonds is 5. The fraction of sp³-hybridized carbons (Fsp3) is 0.500. The van der Waals surface area contributed by atoms with Crippen molar-refractivity contribution >= 4 is 0 Å². The van der Waals surface area contributed by atoms with Gasteiger partial charge in [-0.15, -0.1) is 0 Å². The Morgan fingerprint density at radius 1 is 1.22 bits per heavy atom. The first-order valence-electron chi connectivity index (χ1n) is 6.96. The molecular formula is C16H22FN. The van der Waals surface area contributed by atoms with Crippen LogP contribution in [-0.4, -0.2) is 12.6 Å². The number of halogens is 1. The summed E-state index contributed by atoms with van der Waals surface area (Å²) in [4.78, 5) is 0. The first kappa shape index (κ1) is 13.3. The van der Waals surface area contributed by atoms with Gasteiger partial charge < -0.3 is 5.32 Å². The number of hydrogen-bond acceptors (Lipinski definition) is 1. The van der Waals surface area contributed by atoms with Crippen molar-refractivity contribution in [3.8, 4) is 0 Å². The predicted octanol–water partition coefficient (Wildman–Crippen LogP) is 3.85. The molecular weight excluding hydrogens is 225 g/mol. The SMILES string of the molecule is CCNC(Cc1ccc(F)cc1)C1=CCCCC1. The van der Waals surface area contributed by atoms with Crippen LogP contribution in [0.25, 0.3) is 0 Å². The smallest absolute Gasteiger partial charge is 0.123 e. The zero-order chi connectivity index (χ0) is 12.8. The van der Waals surface area contributed by atoms with Gasteiger partial charge in [0, 0.05) is 6.04 Å². The van der Waals surface area contributed by atoms with E-state index in [1.807, 2.05) is 12.1 Å². The molecule has 2 rings (SSSR count). The second-order valence-electron chi connectivity index (χ2n) is 4.97. The molecule has 0 aliphatic heterocycles. The summed E-state index contributed by atoms with van der Waals surface area (Å²) in [7, 11) is 0. The van der Waals surface area contributed by atoms with Crippen LogP contribution in [0.15, 0.2) is 35.9 Å². The molecule has 1 aliphatic rings. The van der Waals surface area contributed by atoms with Gasteiger partial charge in [-0.2, -0.15) is 0 Å². The minimum atomic E-state index is -0.157. The normalized spacial score (nSPS) is 17.3. The van der Waals surface area contributed by atoms with Gasteiger partial charge in [0.2, 0.25) is 0 Å². The lowest BCUT2D eigenvalue weighted by atomic mass is 9.90. The third-order valence-corrected chi connectivity index (χ3v) is 3.58. The van der Waals surface area contributed by atoms with E-state index in [-0.39, 0.29) is 5.82 Å². The van der Waals surface area contributed by atoms with Crippen molar-refractivity contribution in [2.24, 2.45) is 0 Å². The van der Waals surface area contributed by atoms with Crippen LogP contribution in [-0.2, 0) is 6.42 Å². The van der Waals surface area contributed by atoms with E-state index in [2.05, 4.69) is 18.3 Å². The fourth-order valence-corrected chi connectivity index (χ4v) is 2.62. The third-order valence-electron chi connectivity index (χ3n) is 3.58. The van der Waals surface area contributed by atoms with Crippen LogP contribution < -0.4 is 5.32 Å². The molecule has 1 unspecified atom stereocenters. The molecule has 1 N–H and O–H groups in total. The summed E-state index contributed by atoms with van der Waals surface area (Å²) in [5.41, 5.74) is 2.74. The topological polar surface area (TPSA) is 12.0 Å². The highest BCUT2D eigenvalue weighted by atomic mass is 19.1. The molecule has 0 fully saturated rings. The molecule has 0 spiro atoms. The fourth-order valence-electron chi connectivity index (χ4n) is 2.62. The minimum absolute atomic E-state index is 0.157. The van der Waals surface area contributed by atoms with Gasteiger partial charge in [-0.3, -0.25) is 0 Å². The van der Waals surface area contributed by atoms with Crippen LogP contribution in [0.4, 0.5) is 4.39 Å². The van der Waals surface area contributed by atoms with E-state index < -0.39 is 0 Å². The maximum absolute atomic E-state index is 12.9. The van der Waals surface area contributed by atoms with E-state index in [9.17, 15) is 4.39 Å². The van der Waals surface area contributed by atoms with E-state index in [1.54, 1.807) is 12.1 Å². The highest BCUT2D eigenvalue weighted by Crippen LogP contribution is 2.22. The molecule has 98 valence electrons. The molecule has 0 amide bonds. The second-order valence-corrected chi connectivity index (χ2v) is 4.97. The molecule has 1 aromatic carbocycles. The van der Waals surface area contributed by atoms with Crippen molar-refractivity contribution < 1.29 is 4.39 Å². The number of hydrogen-bond donors (Lipinski definition) is 1. The molecule has 0 heterocycles. The average molecular weight is 247 g/mol. The molecule has 0 saturated carbocycles. The van der Waals surface area contributed by atoms with Crippen molar-refractivity contribution in [2.75, 3.05) is 6.54 Å². The van der Waals surface area contributed by atoms with Crippen molar-refractivity contribution in [1.29, 1.82) is 0 Å². The second kappa shape index (κ2) is 6.69. The number of nitrogens with one attached hydrogen (secondary N) is 1. The highest BCUT2D eigenvalue weighted by Gasteiger charge is 2.15. The Morgan fingerprint density at radius 2 is 2.00 bits per heavy atom. The summed E-state index contributed by atoms with van der Waals surface area (Å²) in [6.07, 6.45) is 8.38. The van der Waals surface area contributed by atoms with Gasteiger partial charge >= 0.3 is 0 Å². The Morgan fingerprint density at radius 3 is 2.61 bits per heavy atom. The standard InChI is InChI=1S/C16H22FN/c1-2-18-16(14-6-4-3-5-7-14)12-13-8-10-15(17)11-9-13/h6,8-11,16,18H,2-5,7,12H2,1H3. The Kier molecular flexibility index (Phi) is 4.94. The van der Waals surface area contributed by atoms with Crippen LogP contribution in [0.1, 0.15) is 38.2 Å². The Labute approximate surface area is 109 Å². The monoisotopic (exact) mass is 247 g/mol. The maximum atomic E-state index is 12.9. The summed E-state index contributed by atoms with van der Waals surface area (Å²) in [5.74, 6) is -0.157. The van der Waals surface area contributed by atoms with E-state index >= 15 is 0 Å². The lowest BCUT2D eigenvalue weighted by Crippen LogP contribution is -2.33. The molecule has 2 heteroatoms. The molecule has 1 aliphatic carbocycles. The van der Waals surface area contributed by atoms with E-state index in [4.69, 9.17) is 0 Å². The van der Waals surface area contributed by atoms with Crippen LogP contribution in [0, 0.1) is 5.82 Å². The molecule has 0 bridgehead atoms. The zero-order valence-electron chi connectivity index (χ0n) is 11.1. The first-order valence-corrected chi connectivity index (χ1v) is 6.96. The van der Waals surface area contributed by atoms with Gasteiger partial charge in [-0.1, -0.05) is 30.7 Å². The van der Waals surface area contributed by atoms with Gasteiger partial charge in [-0.05, 0) is 56.3 Å². The predicted molar refractivity (Wildman–Crippen MR) is 74.1 cm³/mol. The number of likely N-dealkylation sites (N-methyl/N-ethyl adjacent to an activating group) is 1. The van der Waals surface area contributed by atoms with Crippen molar-refractivity contribution in [1.82, 2.24) is 5.32 Å². The Hall–Kier alpha value is -1.15. The highest BCUT2D eigenvalue weighted by molar-refractivity contribution is 5.22. The third kappa shape index (κ3) is 3.67. The van der Waals surface area contributed by atoms with Crippen molar-refractivity contribution in [3.63, 3.8) is 0 Å². The summed E-state index contributed by atoms with van der Waals surface area (Å²) in [6.45, 7) is 3.12. The Bertz CT molecular complexity index is 394. The van der Waals surface area contributed by atoms with Crippen LogP contribution >= 0.6 is 0 Å². The van der Waals surface area contributed by atoms with Gasteiger partial charge in [-0.25, -0.2) is 4.39 Å². The zero-order valence-corrected chi connectivity index (χ0v) is 11.1. The van der Waals surface area contributed by atoms with Crippen molar-refractivity contribution in [3.05, 3.63) is 47.3 Å². The largest absolute Gasteiger partial charge is 0.310 e. The molecule has 18 heavy (non-hydrogen) atoms. The van der Waals surface area contributed by atoms with E-state index in [0.717, 1.165) is 13.0 Å². The maximum Gasteiger partial charge on any atom is 0.123 e. The minimum Gasteiger partial charge on any atom is -0.310 e. The van der Waals surface area contributed by atoms with Gasteiger partial charge in [0.05, 0.1) is 0 Å². The summed E-state index contributed by atoms with van der Waals surface area (Å²) in [5, 5.41) is 3.55. The molecule has 0 saturated heterocycles. The van der Waals surface area contributed by atoms with E-state index in [1.165, 1.54) is 36.8 Å².